The molecule has 7 nitrogen and oxygen atoms in total. The highest BCUT2D eigenvalue weighted by atomic mass is 16.2. The first-order chi connectivity index (χ1) is 19.4. The van der Waals surface area contributed by atoms with Gasteiger partial charge in [-0.15, -0.1) is 0 Å². The maximum atomic E-state index is 13.6. The van der Waals surface area contributed by atoms with E-state index in [0.717, 1.165) is 49.2 Å². The molecule has 0 radical (unpaired) electrons. The van der Waals surface area contributed by atoms with Gasteiger partial charge in [0.25, 0.3) is 11.8 Å². The Labute approximate surface area is 236 Å². The number of hydrogen-bond donors (Lipinski definition) is 1. The van der Waals surface area contributed by atoms with E-state index < -0.39 is 0 Å². The van der Waals surface area contributed by atoms with Gasteiger partial charge in [-0.2, -0.15) is 0 Å². The van der Waals surface area contributed by atoms with Crippen LogP contribution in [-0.2, 0) is 4.79 Å². The molecule has 3 aromatic rings. The van der Waals surface area contributed by atoms with E-state index in [-0.39, 0.29) is 23.6 Å². The summed E-state index contributed by atoms with van der Waals surface area (Å²) in [4.78, 5) is 46.0. The second-order valence-corrected chi connectivity index (χ2v) is 10.7. The van der Waals surface area contributed by atoms with Crippen LogP contribution in [0, 0.1) is 6.92 Å². The first-order valence-corrected chi connectivity index (χ1v) is 14.3. The molecule has 2 fully saturated rings. The van der Waals surface area contributed by atoms with Gasteiger partial charge in [0.15, 0.2) is 0 Å². The number of carbonyl (C=O) groups excluding carboxylic acids is 3. The predicted octanol–water partition coefficient (Wildman–Crippen LogP) is 5.33. The van der Waals surface area contributed by atoms with Crippen LogP contribution in [0.3, 0.4) is 0 Å². The molecule has 0 aliphatic carbocycles. The van der Waals surface area contributed by atoms with Crippen molar-refractivity contribution in [1.29, 1.82) is 0 Å². The summed E-state index contributed by atoms with van der Waals surface area (Å²) in [6.45, 7) is 8.03. The van der Waals surface area contributed by atoms with Crippen molar-refractivity contribution in [2.24, 2.45) is 0 Å². The number of rotatable bonds is 7. The SMILES string of the molecule is CC[C@@H](C(=O)N1CCN(c2ccc(NC(=O)c3ccc(C)cc3)cc2C(=O)N2CCCC2)CC1)c1ccccc1. The summed E-state index contributed by atoms with van der Waals surface area (Å²) >= 11 is 0. The lowest BCUT2D eigenvalue weighted by atomic mass is 9.94. The van der Waals surface area contributed by atoms with Crippen LogP contribution < -0.4 is 10.2 Å². The molecule has 0 spiro atoms. The molecule has 2 aliphatic heterocycles. The van der Waals surface area contributed by atoms with E-state index in [1.165, 1.54) is 0 Å². The quantitative estimate of drug-likeness (QED) is 0.442. The molecule has 2 heterocycles. The van der Waals surface area contributed by atoms with E-state index in [1.54, 1.807) is 12.1 Å². The van der Waals surface area contributed by atoms with Crippen molar-refractivity contribution in [2.75, 3.05) is 49.5 Å². The summed E-state index contributed by atoms with van der Waals surface area (Å²) in [5.74, 6) is -0.191. The Hall–Kier alpha value is -4.13. The van der Waals surface area contributed by atoms with Gasteiger partial charge in [0.1, 0.15) is 0 Å². The molecule has 0 saturated carbocycles. The van der Waals surface area contributed by atoms with Crippen molar-refractivity contribution in [3.05, 3.63) is 95.1 Å². The largest absolute Gasteiger partial charge is 0.367 e. The van der Waals surface area contributed by atoms with Gasteiger partial charge in [-0.05, 0) is 62.1 Å². The Balaban J connectivity index is 1.33. The monoisotopic (exact) mass is 538 g/mol. The van der Waals surface area contributed by atoms with Crippen molar-refractivity contribution >= 4 is 29.1 Å². The molecular weight excluding hydrogens is 500 g/mol. The number of aryl methyl sites for hydroxylation is 1. The van der Waals surface area contributed by atoms with Crippen LogP contribution in [0.5, 0.6) is 0 Å². The summed E-state index contributed by atoms with van der Waals surface area (Å²) in [6.07, 6.45) is 2.77. The summed E-state index contributed by atoms with van der Waals surface area (Å²) in [5, 5.41) is 2.97. The van der Waals surface area contributed by atoms with Gasteiger partial charge in [-0.3, -0.25) is 14.4 Å². The molecular formula is C33H38N4O3. The molecule has 7 heteroatoms. The minimum absolute atomic E-state index is 0.00688. The zero-order valence-corrected chi connectivity index (χ0v) is 23.4. The normalized spacial score (nSPS) is 16.1. The maximum Gasteiger partial charge on any atom is 0.256 e. The van der Waals surface area contributed by atoms with Gasteiger partial charge in [0.05, 0.1) is 11.5 Å². The summed E-state index contributed by atoms with van der Waals surface area (Å²) in [7, 11) is 0. The van der Waals surface area contributed by atoms with Gasteiger partial charge < -0.3 is 20.0 Å². The number of nitrogens with one attached hydrogen (secondary N) is 1. The van der Waals surface area contributed by atoms with Gasteiger partial charge in [0, 0.05) is 56.2 Å². The molecule has 2 saturated heterocycles. The van der Waals surface area contributed by atoms with Crippen LogP contribution in [0.25, 0.3) is 0 Å². The highest BCUT2D eigenvalue weighted by Crippen LogP contribution is 2.29. The molecule has 1 atom stereocenters. The topological polar surface area (TPSA) is 73.0 Å². The second kappa shape index (κ2) is 12.4. The molecule has 0 aromatic heterocycles. The number of hydrogen-bond acceptors (Lipinski definition) is 4. The third-order valence-electron chi connectivity index (χ3n) is 8.03. The maximum absolute atomic E-state index is 13.6. The van der Waals surface area contributed by atoms with Crippen molar-refractivity contribution in [2.45, 2.75) is 39.0 Å². The fraction of sp³-hybridized carbons (Fsp3) is 0.364. The molecule has 3 amide bonds. The van der Waals surface area contributed by atoms with Crippen LogP contribution in [0.2, 0.25) is 0 Å². The first kappa shape index (κ1) is 27.4. The molecule has 0 unspecified atom stereocenters. The number of piperazine rings is 1. The van der Waals surface area contributed by atoms with Crippen molar-refractivity contribution in [3.63, 3.8) is 0 Å². The number of anilines is 2. The minimum atomic E-state index is -0.205. The zero-order chi connectivity index (χ0) is 28.1. The van der Waals surface area contributed by atoms with E-state index in [1.807, 2.05) is 77.4 Å². The Morgan fingerprint density at radius 1 is 0.800 bits per heavy atom. The zero-order valence-electron chi connectivity index (χ0n) is 23.4. The predicted molar refractivity (Wildman–Crippen MR) is 159 cm³/mol. The van der Waals surface area contributed by atoms with E-state index in [0.29, 0.717) is 43.0 Å². The van der Waals surface area contributed by atoms with E-state index in [2.05, 4.69) is 17.1 Å². The number of nitrogens with zero attached hydrogens (tertiary/aromatic N) is 3. The molecule has 1 N–H and O–H groups in total. The average molecular weight is 539 g/mol. The number of carbonyl (C=O) groups is 3. The standard InChI is InChI=1S/C33H38N4O3/c1-3-28(25-9-5-4-6-10-25)32(39)37-21-19-35(20-22-37)30-16-15-27(23-29(30)33(40)36-17-7-8-18-36)34-31(38)26-13-11-24(2)12-14-26/h4-6,9-16,23,28H,3,7-8,17-22H2,1-2H3,(H,34,38)/t28-/m1/s1. The van der Waals surface area contributed by atoms with E-state index in [9.17, 15) is 14.4 Å². The molecule has 5 rings (SSSR count). The number of amides is 3. The third kappa shape index (κ3) is 6.03. The van der Waals surface area contributed by atoms with Gasteiger partial charge in [0.2, 0.25) is 5.91 Å². The average Bonchev–Trinajstić information content (AvgIpc) is 3.53. The number of likely N-dealkylation sites (tertiary alicyclic amines) is 1. The lowest BCUT2D eigenvalue weighted by Gasteiger charge is -2.38. The van der Waals surface area contributed by atoms with Gasteiger partial charge in [-0.25, -0.2) is 0 Å². The highest BCUT2D eigenvalue weighted by Gasteiger charge is 2.30. The van der Waals surface area contributed by atoms with Crippen LogP contribution in [0.4, 0.5) is 11.4 Å². The van der Waals surface area contributed by atoms with Crippen molar-refractivity contribution in [3.8, 4) is 0 Å². The van der Waals surface area contributed by atoms with E-state index >= 15 is 0 Å². The fourth-order valence-corrected chi connectivity index (χ4v) is 5.69. The van der Waals surface area contributed by atoms with Crippen LogP contribution in [-0.4, -0.2) is 66.8 Å². The Bertz CT molecular complexity index is 1340. The van der Waals surface area contributed by atoms with E-state index in [4.69, 9.17) is 0 Å². The lowest BCUT2D eigenvalue weighted by Crippen LogP contribution is -2.50. The fourth-order valence-electron chi connectivity index (χ4n) is 5.69. The van der Waals surface area contributed by atoms with Crippen LogP contribution in [0.1, 0.15) is 63.9 Å². The second-order valence-electron chi connectivity index (χ2n) is 10.7. The van der Waals surface area contributed by atoms with Crippen LogP contribution >= 0.6 is 0 Å². The Morgan fingerprint density at radius 3 is 2.12 bits per heavy atom. The molecule has 3 aromatic carbocycles. The summed E-state index contributed by atoms with van der Waals surface area (Å²) < 4.78 is 0. The Morgan fingerprint density at radius 2 is 1.48 bits per heavy atom. The van der Waals surface area contributed by atoms with Gasteiger partial charge >= 0.3 is 0 Å². The third-order valence-corrected chi connectivity index (χ3v) is 8.03. The van der Waals surface area contributed by atoms with Gasteiger partial charge in [-0.1, -0.05) is 55.0 Å². The molecule has 208 valence electrons. The lowest BCUT2D eigenvalue weighted by molar-refractivity contribution is -0.133. The van der Waals surface area contributed by atoms with Crippen LogP contribution in [0.15, 0.2) is 72.8 Å². The molecule has 0 bridgehead atoms. The molecule has 40 heavy (non-hydrogen) atoms. The number of benzene rings is 3. The minimum Gasteiger partial charge on any atom is -0.367 e. The Kier molecular flexibility index (Phi) is 8.48. The smallest absolute Gasteiger partial charge is 0.256 e. The molecule has 2 aliphatic rings. The first-order valence-electron chi connectivity index (χ1n) is 14.3. The van der Waals surface area contributed by atoms with Crippen molar-refractivity contribution in [1.82, 2.24) is 9.80 Å². The summed E-state index contributed by atoms with van der Waals surface area (Å²) in [6, 6.07) is 23.0. The summed E-state index contributed by atoms with van der Waals surface area (Å²) in [5.41, 5.74) is 4.76. The highest BCUT2D eigenvalue weighted by molar-refractivity contribution is 6.06. The van der Waals surface area contributed by atoms with Crippen molar-refractivity contribution < 1.29 is 14.4 Å².